The largest absolute Gasteiger partial charge is 0.369 e. The third kappa shape index (κ3) is 3.58. The van der Waals surface area contributed by atoms with E-state index in [1.807, 2.05) is 37.2 Å². The van der Waals surface area contributed by atoms with E-state index >= 15 is 0 Å². The van der Waals surface area contributed by atoms with Gasteiger partial charge in [0.1, 0.15) is 6.17 Å². The number of aromatic nitrogens is 2. The Bertz CT molecular complexity index is 902. The fraction of sp³-hybridized carbons (Fsp3) is 0.526. The van der Waals surface area contributed by atoms with Gasteiger partial charge in [-0.25, -0.2) is 4.39 Å². The molecule has 152 valence electrons. The van der Waals surface area contributed by atoms with Gasteiger partial charge in [0.05, 0.1) is 23.2 Å². The van der Waals surface area contributed by atoms with Crippen LogP contribution >= 0.6 is 12.4 Å². The van der Waals surface area contributed by atoms with Crippen LogP contribution in [0.3, 0.4) is 0 Å². The number of benzene rings is 1. The molecule has 2 amide bonds. The third-order valence-corrected chi connectivity index (χ3v) is 5.71. The van der Waals surface area contributed by atoms with Crippen LogP contribution in [0.25, 0.3) is 10.9 Å². The van der Waals surface area contributed by atoms with Crippen molar-refractivity contribution < 1.29 is 14.0 Å². The van der Waals surface area contributed by atoms with E-state index in [2.05, 4.69) is 15.7 Å². The van der Waals surface area contributed by atoms with E-state index in [9.17, 15) is 14.0 Å². The summed E-state index contributed by atoms with van der Waals surface area (Å²) in [5.41, 5.74) is 2.51. The first-order valence-electron chi connectivity index (χ1n) is 9.33. The molecule has 2 aliphatic heterocycles. The molecule has 2 saturated heterocycles. The van der Waals surface area contributed by atoms with Crippen LogP contribution in [0, 0.1) is 0 Å². The van der Waals surface area contributed by atoms with Gasteiger partial charge in [0.2, 0.25) is 11.8 Å². The van der Waals surface area contributed by atoms with Gasteiger partial charge in [0, 0.05) is 38.1 Å². The van der Waals surface area contributed by atoms with Gasteiger partial charge >= 0.3 is 0 Å². The fourth-order valence-electron chi connectivity index (χ4n) is 4.14. The molecule has 0 spiro atoms. The second kappa shape index (κ2) is 8.05. The van der Waals surface area contributed by atoms with Gasteiger partial charge in [-0.3, -0.25) is 19.6 Å². The molecule has 2 aromatic rings. The second-order valence-corrected chi connectivity index (χ2v) is 7.40. The first-order chi connectivity index (χ1) is 13.0. The number of nitrogens with zero attached hydrogens (tertiary/aromatic N) is 3. The first-order valence-corrected chi connectivity index (χ1v) is 9.33. The van der Waals surface area contributed by atoms with Crippen molar-refractivity contribution in [2.75, 3.05) is 25.0 Å². The van der Waals surface area contributed by atoms with Crippen molar-refractivity contribution in [1.29, 1.82) is 0 Å². The van der Waals surface area contributed by atoms with Crippen molar-refractivity contribution in [3.8, 4) is 0 Å². The average molecular weight is 410 g/mol. The molecule has 1 unspecified atom stereocenters. The van der Waals surface area contributed by atoms with E-state index in [1.165, 1.54) is 0 Å². The highest BCUT2D eigenvalue weighted by Gasteiger charge is 2.32. The number of rotatable bonds is 3. The molecule has 9 heteroatoms. The van der Waals surface area contributed by atoms with E-state index in [1.54, 1.807) is 4.68 Å². The average Bonchev–Trinajstić information content (AvgIpc) is 2.97. The minimum Gasteiger partial charge on any atom is -0.369 e. The Morgan fingerprint density at radius 3 is 2.79 bits per heavy atom. The van der Waals surface area contributed by atoms with Crippen LogP contribution in [-0.2, 0) is 16.6 Å². The molecule has 0 bridgehead atoms. The summed E-state index contributed by atoms with van der Waals surface area (Å²) in [4.78, 5) is 25.6. The van der Waals surface area contributed by atoms with Gasteiger partial charge in [-0.2, -0.15) is 5.10 Å². The molecule has 2 N–H and O–H groups in total. The van der Waals surface area contributed by atoms with Crippen molar-refractivity contribution in [3.05, 3.63) is 23.9 Å². The maximum Gasteiger partial charge on any atom is 0.235 e. The molecule has 4 rings (SSSR count). The van der Waals surface area contributed by atoms with E-state index < -0.39 is 12.1 Å². The zero-order valence-corrected chi connectivity index (χ0v) is 16.8. The standard InChI is InChI=1S/C19H24FN5O2.ClH/c1-24(15-7-8-21-10-14(15)20)11-3-4-12-16(9-11)25(2)23-18(12)13-5-6-17(26)22-19(13)27;/h3-4,9,13-15,21H,5-8,10H2,1-2H3,(H,22,26,27);1H/t13?,14-,15-;/m1./s1. The molecule has 0 aliphatic carbocycles. The molecule has 1 aromatic heterocycles. The topological polar surface area (TPSA) is 79.3 Å². The van der Waals surface area contributed by atoms with Crippen LogP contribution in [0.2, 0.25) is 0 Å². The van der Waals surface area contributed by atoms with Gasteiger partial charge in [-0.05, 0) is 37.6 Å². The quantitative estimate of drug-likeness (QED) is 0.753. The normalized spacial score (nSPS) is 25.3. The number of piperidine rings is 2. The van der Waals surface area contributed by atoms with Crippen molar-refractivity contribution in [2.24, 2.45) is 7.05 Å². The molecule has 2 fully saturated rings. The molecule has 3 heterocycles. The Hall–Kier alpha value is -2.19. The summed E-state index contributed by atoms with van der Waals surface area (Å²) in [6.07, 6.45) is 0.632. The molecule has 28 heavy (non-hydrogen) atoms. The Morgan fingerprint density at radius 2 is 2.07 bits per heavy atom. The van der Waals surface area contributed by atoms with Gasteiger partial charge in [0.25, 0.3) is 0 Å². The lowest BCUT2D eigenvalue weighted by Gasteiger charge is -2.35. The molecule has 7 nitrogen and oxygen atoms in total. The third-order valence-electron chi connectivity index (χ3n) is 5.71. The number of alkyl halides is 1. The summed E-state index contributed by atoms with van der Waals surface area (Å²) in [7, 11) is 3.76. The summed E-state index contributed by atoms with van der Waals surface area (Å²) < 4.78 is 16.1. The van der Waals surface area contributed by atoms with Gasteiger partial charge in [-0.15, -0.1) is 12.4 Å². The molecular weight excluding hydrogens is 385 g/mol. The monoisotopic (exact) mass is 409 g/mol. The van der Waals surface area contributed by atoms with Crippen molar-refractivity contribution in [1.82, 2.24) is 20.4 Å². The lowest BCUT2D eigenvalue weighted by atomic mass is 9.92. The van der Waals surface area contributed by atoms with Crippen LogP contribution in [0.1, 0.15) is 30.9 Å². The number of hydrogen-bond acceptors (Lipinski definition) is 5. The number of nitrogens with one attached hydrogen (secondary N) is 2. The zero-order valence-electron chi connectivity index (χ0n) is 15.9. The Morgan fingerprint density at radius 1 is 1.29 bits per heavy atom. The van der Waals surface area contributed by atoms with Gasteiger partial charge in [0.15, 0.2) is 0 Å². The Labute approximate surface area is 169 Å². The van der Waals surface area contributed by atoms with Gasteiger partial charge < -0.3 is 10.2 Å². The van der Waals surface area contributed by atoms with E-state index in [-0.39, 0.29) is 30.3 Å². The first kappa shape index (κ1) is 20.5. The number of carbonyl (C=O) groups is 2. The highest BCUT2D eigenvalue weighted by Crippen LogP contribution is 2.33. The van der Waals surface area contributed by atoms with Crippen molar-refractivity contribution >= 4 is 40.8 Å². The van der Waals surface area contributed by atoms with Crippen molar-refractivity contribution in [2.45, 2.75) is 37.4 Å². The maximum absolute atomic E-state index is 14.3. The highest BCUT2D eigenvalue weighted by atomic mass is 35.5. The number of fused-ring (bicyclic) bond motifs is 1. The summed E-state index contributed by atoms with van der Waals surface area (Å²) in [5.74, 6) is -0.944. The van der Waals surface area contributed by atoms with Crippen LogP contribution in [0.15, 0.2) is 18.2 Å². The van der Waals surface area contributed by atoms with Crippen LogP contribution in [0.4, 0.5) is 10.1 Å². The lowest BCUT2D eigenvalue weighted by molar-refractivity contribution is -0.134. The zero-order chi connectivity index (χ0) is 19.1. The molecule has 3 atom stereocenters. The van der Waals surface area contributed by atoms with Gasteiger partial charge in [-0.1, -0.05) is 0 Å². The number of anilines is 1. The smallest absolute Gasteiger partial charge is 0.235 e. The number of aryl methyl sites for hydroxylation is 1. The summed E-state index contributed by atoms with van der Waals surface area (Å²) in [6, 6.07) is 5.73. The van der Waals surface area contributed by atoms with E-state index in [0.29, 0.717) is 25.1 Å². The van der Waals surface area contributed by atoms with Crippen molar-refractivity contribution in [3.63, 3.8) is 0 Å². The predicted molar refractivity (Wildman–Crippen MR) is 108 cm³/mol. The number of amides is 2. The van der Waals surface area contributed by atoms with E-state index in [4.69, 9.17) is 0 Å². The molecule has 2 aliphatic rings. The lowest BCUT2D eigenvalue weighted by Crippen LogP contribution is -2.49. The number of carbonyl (C=O) groups excluding carboxylic acids is 2. The minimum atomic E-state index is -0.912. The Balaban J connectivity index is 0.00000225. The number of halogens is 2. The highest BCUT2D eigenvalue weighted by molar-refractivity contribution is 6.02. The molecule has 0 radical (unpaired) electrons. The number of imide groups is 1. The van der Waals surface area contributed by atoms with Crippen LogP contribution < -0.4 is 15.5 Å². The Kier molecular flexibility index (Phi) is 5.90. The van der Waals surface area contributed by atoms with Crippen LogP contribution in [0.5, 0.6) is 0 Å². The molecule has 1 aromatic carbocycles. The molecular formula is C19H25ClFN5O2. The maximum atomic E-state index is 14.3. The van der Waals surface area contributed by atoms with E-state index in [0.717, 1.165) is 29.6 Å². The molecule has 0 saturated carbocycles. The summed E-state index contributed by atoms with van der Waals surface area (Å²) in [6.45, 7) is 1.19. The predicted octanol–water partition coefficient (Wildman–Crippen LogP) is 1.65. The SMILES string of the molecule is CN(c1ccc2c(C3CCC(=O)NC3=O)nn(C)c2c1)[C@@H]1CCNC[C@H]1F.Cl. The summed E-state index contributed by atoms with van der Waals surface area (Å²) in [5, 5.41) is 10.9. The second-order valence-electron chi connectivity index (χ2n) is 7.40. The summed E-state index contributed by atoms with van der Waals surface area (Å²) >= 11 is 0. The number of hydrogen-bond donors (Lipinski definition) is 2. The fourth-order valence-corrected chi connectivity index (χ4v) is 4.14. The minimum absolute atomic E-state index is 0. The van der Waals surface area contributed by atoms with Crippen LogP contribution in [-0.4, -0.2) is 53.9 Å².